The number of carbonyl (C=O) groups excluding carboxylic acids is 1. The standard InChI is InChI=1S/C14H17F2NO2/c15-13(16)9-17(5-6-18)14(19)12-7-10-3-1-2-4-11(10)8-12/h1-4,12-13,18H,5-9H2. The Hall–Kier alpha value is -1.49. The minimum atomic E-state index is -2.57. The van der Waals surface area contributed by atoms with E-state index >= 15 is 0 Å². The van der Waals surface area contributed by atoms with Gasteiger partial charge in [0.2, 0.25) is 5.91 Å². The fourth-order valence-electron chi connectivity index (χ4n) is 2.57. The Morgan fingerprint density at radius 2 is 1.89 bits per heavy atom. The van der Waals surface area contributed by atoms with Crippen LogP contribution in [0.5, 0.6) is 0 Å². The number of rotatable bonds is 5. The molecule has 0 unspecified atom stereocenters. The topological polar surface area (TPSA) is 40.5 Å². The van der Waals surface area contributed by atoms with E-state index in [1.807, 2.05) is 24.3 Å². The molecule has 0 saturated carbocycles. The summed E-state index contributed by atoms with van der Waals surface area (Å²) in [5.41, 5.74) is 2.23. The van der Waals surface area contributed by atoms with E-state index < -0.39 is 13.0 Å². The molecule has 3 nitrogen and oxygen atoms in total. The van der Waals surface area contributed by atoms with Crippen LogP contribution in [0.2, 0.25) is 0 Å². The van der Waals surface area contributed by atoms with Crippen LogP contribution in [0.4, 0.5) is 8.78 Å². The molecule has 1 aromatic rings. The molecule has 104 valence electrons. The highest BCUT2D eigenvalue weighted by Gasteiger charge is 2.31. The first-order valence-corrected chi connectivity index (χ1v) is 6.36. The maximum absolute atomic E-state index is 12.4. The highest BCUT2D eigenvalue weighted by molar-refractivity contribution is 5.80. The molecular weight excluding hydrogens is 252 g/mol. The summed E-state index contributed by atoms with van der Waals surface area (Å²) in [7, 11) is 0. The van der Waals surface area contributed by atoms with Crippen LogP contribution in [0.3, 0.4) is 0 Å². The van der Waals surface area contributed by atoms with Gasteiger partial charge in [-0.15, -0.1) is 0 Å². The summed E-state index contributed by atoms with van der Waals surface area (Å²) < 4.78 is 24.9. The molecule has 1 aliphatic carbocycles. The van der Waals surface area contributed by atoms with Gasteiger partial charge in [0, 0.05) is 12.5 Å². The van der Waals surface area contributed by atoms with E-state index in [9.17, 15) is 13.6 Å². The predicted octanol–water partition coefficient (Wildman–Crippen LogP) is 1.49. The largest absolute Gasteiger partial charge is 0.395 e. The Morgan fingerprint density at radius 1 is 1.32 bits per heavy atom. The van der Waals surface area contributed by atoms with Crippen LogP contribution in [0.25, 0.3) is 0 Å². The monoisotopic (exact) mass is 269 g/mol. The van der Waals surface area contributed by atoms with Gasteiger partial charge in [-0.3, -0.25) is 4.79 Å². The number of benzene rings is 1. The number of halogens is 2. The molecule has 2 rings (SSSR count). The summed E-state index contributed by atoms with van der Waals surface area (Å²) in [6.45, 7) is -0.930. The quantitative estimate of drug-likeness (QED) is 0.879. The Labute approximate surface area is 110 Å². The van der Waals surface area contributed by atoms with E-state index in [1.165, 1.54) is 0 Å². The van der Waals surface area contributed by atoms with E-state index in [2.05, 4.69) is 0 Å². The van der Waals surface area contributed by atoms with Crippen LogP contribution in [-0.2, 0) is 17.6 Å². The van der Waals surface area contributed by atoms with Crippen molar-refractivity contribution < 1.29 is 18.7 Å². The number of hydrogen-bond donors (Lipinski definition) is 1. The molecule has 0 spiro atoms. The first-order chi connectivity index (χ1) is 9.11. The normalized spacial score (nSPS) is 14.7. The second-order valence-corrected chi connectivity index (χ2v) is 4.77. The summed E-state index contributed by atoms with van der Waals surface area (Å²) in [6.07, 6.45) is -1.38. The first kappa shape index (κ1) is 13.9. The zero-order chi connectivity index (χ0) is 13.8. The van der Waals surface area contributed by atoms with Gasteiger partial charge in [-0.2, -0.15) is 0 Å². The molecule has 5 heteroatoms. The molecule has 0 heterocycles. The second kappa shape index (κ2) is 6.10. The molecule has 19 heavy (non-hydrogen) atoms. The number of hydrogen-bond acceptors (Lipinski definition) is 2. The van der Waals surface area contributed by atoms with Gasteiger partial charge < -0.3 is 10.0 Å². The highest BCUT2D eigenvalue weighted by Crippen LogP contribution is 2.27. The maximum atomic E-state index is 12.4. The molecule has 1 N–H and O–H groups in total. The van der Waals surface area contributed by atoms with Crippen molar-refractivity contribution >= 4 is 5.91 Å². The van der Waals surface area contributed by atoms with Gasteiger partial charge in [-0.1, -0.05) is 24.3 Å². The van der Waals surface area contributed by atoms with Crippen molar-refractivity contribution in [3.63, 3.8) is 0 Å². The van der Waals surface area contributed by atoms with Crippen LogP contribution >= 0.6 is 0 Å². The minimum absolute atomic E-state index is 0.0317. The van der Waals surface area contributed by atoms with Crippen molar-refractivity contribution in [2.45, 2.75) is 19.3 Å². The number of amides is 1. The fraction of sp³-hybridized carbons (Fsp3) is 0.500. The van der Waals surface area contributed by atoms with Crippen LogP contribution < -0.4 is 0 Å². The molecule has 0 aromatic heterocycles. The van der Waals surface area contributed by atoms with Crippen LogP contribution in [0.1, 0.15) is 11.1 Å². The molecule has 1 aliphatic rings. The lowest BCUT2D eigenvalue weighted by atomic mass is 10.0. The number of aliphatic hydroxyl groups excluding tert-OH is 1. The highest BCUT2D eigenvalue weighted by atomic mass is 19.3. The lowest BCUT2D eigenvalue weighted by molar-refractivity contribution is -0.137. The fourth-order valence-corrected chi connectivity index (χ4v) is 2.57. The molecule has 0 atom stereocenters. The Bertz CT molecular complexity index is 426. The maximum Gasteiger partial charge on any atom is 0.255 e. The lowest BCUT2D eigenvalue weighted by Gasteiger charge is -2.24. The number of nitrogens with zero attached hydrogens (tertiary/aromatic N) is 1. The third-order valence-electron chi connectivity index (χ3n) is 3.44. The van der Waals surface area contributed by atoms with Crippen LogP contribution in [-0.4, -0.2) is 42.0 Å². The average molecular weight is 269 g/mol. The predicted molar refractivity (Wildman–Crippen MR) is 67.0 cm³/mol. The zero-order valence-electron chi connectivity index (χ0n) is 10.6. The first-order valence-electron chi connectivity index (χ1n) is 6.36. The molecule has 1 amide bonds. The SMILES string of the molecule is O=C(C1Cc2ccccc2C1)N(CCO)CC(F)F. The summed E-state index contributed by atoms with van der Waals surface area (Å²) >= 11 is 0. The molecule has 0 radical (unpaired) electrons. The third kappa shape index (κ3) is 3.29. The van der Waals surface area contributed by atoms with E-state index in [1.54, 1.807) is 0 Å². The van der Waals surface area contributed by atoms with Gasteiger partial charge in [0.25, 0.3) is 6.43 Å². The van der Waals surface area contributed by atoms with E-state index in [4.69, 9.17) is 5.11 Å². The lowest BCUT2D eigenvalue weighted by Crippen LogP contribution is -2.41. The van der Waals surface area contributed by atoms with Crippen molar-refractivity contribution in [1.29, 1.82) is 0 Å². The summed E-state index contributed by atoms with van der Waals surface area (Å²) in [5, 5.41) is 8.88. The molecule has 1 aromatic carbocycles. The molecule has 0 saturated heterocycles. The molecule has 0 fully saturated rings. The van der Waals surface area contributed by atoms with Gasteiger partial charge in [0.05, 0.1) is 13.2 Å². The smallest absolute Gasteiger partial charge is 0.255 e. The summed E-state index contributed by atoms with van der Waals surface area (Å²) in [6, 6.07) is 7.75. The average Bonchev–Trinajstić information content (AvgIpc) is 2.80. The van der Waals surface area contributed by atoms with Gasteiger partial charge in [0.15, 0.2) is 0 Å². The number of carbonyl (C=O) groups is 1. The number of fused-ring (bicyclic) bond motifs is 1. The summed E-state index contributed by atoms with van der Waals surface area (Å²) in [5.74, 6) is -0.562. The Balaban J connectivity index is 2.04. The van der Waals surface area contributed by atoms with Crippen LogP contribution in [0, 0.1) is 5.92 Å². The van der Waals surface area contributed by atoms with E-state index in [0.717, 1.165) is 16.0 Å². The van der Waals surface area contributed by atoms with Gasteiger partial charge in [-0.25, -0.2) is 8.78 Å². The second-order valence-electron chi connectivity index (χ2n) is 4.77. The molecule has 0 bridgehead atoms. The van der Waals surface area contributed by atoms with E-state index in [0.29, 0.717) is 12.8 Å². The number of alkyl halides is 2. The van der Waals surface area contributed by atoms with Gasteiger partial charge in [0.1, 0.15) is 0 Å². The molecular formula is C14H17F2NO2. The Morgan fingerprint density at radius 3 is 2.37 bits per heavy atom. The zero-order valence-corrected chi connectivity index (χ0v) is 10.6. The van der Waals surface area contributed by atoms with Crippen molar-refractivity contribution in [2.24, 2.45) is 5.92 Å². The summed E-state index contributed by atoms with van der Waals surface area (Å²) in [4.78, 5) is 13.3. The van der Waals surface area contributed by atoms with Gasteiger partial charge in [-0.05, 0) is 24.0 Å². The third-order valence-corrected chi connectivity index (χ3v) is 3.44. The van der Waals surface area contributed by atoms with Crippen molar-refractivity contribution in [3.05, 3.63) is 35.4 Å². The minimum Gasteiger partial charge on any atom is -0.395 e. The van der Waals surface area contributed by atoms with Crippen molar-refractivity contribution in [2.75, 3.05) is 19.7 Å². The Kier molecular flexibility index (Phi) is 4.47. The van der Waals surface area contributed by atoms with Crippen molar-refractivity contribution in [1.82, 2.24) is 4.90 Å². The van der Waals surface area contributed by atoms with Gasteiger partial charge >= 0.3 is 0 Å². The molecule has 0 aliphatic heterocycles. The number of aliphatic hydroxyl groups is 1. The van der Waals surface area contributed by atoms with Crippen molar-refractivity contribution in [3.8, 4) is 0 Å². The van der Waals surface area contributed by atoms with Crippen LogP contribution in [0.15, 0.2) is 24.3 Å². The van der Waals surface area contributed by atoms with E-state index in [-0.39, 0.29) is 25.0 Å².